The molecule has 6 heteroatoms. The van der Waals surface area contributed by atoms with Gasteiger partial charge in [-0.2, -0.15) is 5.06 Å². The monoisotopic (exact) mass is 282 g/mol. The Morgan fingerprint density at radius 2 is 1.80 bits per heavy atom. The maximum Gasteiger partial charge on any atom is 0.335 e. The molecule has 1 aromatic rings. The summed E-state index contributed by atoms with van der Waals surface area (Å²) in [5, 5.41) is 10.6. The molecule has 20 heavy (non-hydrogen) atoms. The van der Waals surface area contributed by atoms with E-state index >= 15 is 0 Å². The van der Waals surface area contributed by atoms with Crippen molar-refractivity contribution in [3.63, 3.8) is 0 Å². The van der Waals surface area contributed by atoms with E-state index in [0.717, 1.165) is 19.6 Å². The first-order chi connectivity index (χ1) is 9.52. The molecule has 1 rings (SSSR count). The van der Waals surface area contributed by atoms with Crippen molar-refractivity contribution in [1.82, 2.24) is 9.96 Å². The van der Waals surface area contributed by atoms with E-state index in [0.29, 0.717) is 12.4 Å². The van der Waals surface area contributed by atoms with Gasteiger partial charge in [-0.1, -0.05) is 0 Å². The number of rotatable bonds is 9. The van der Waals surface area contributed by atoms with Crippen LogP contribution in [-0.4, -0.2) is 68.5 Å². The van der Waals surface area contributed by atoms with Gasteiger partial charge in [-0.25, -0.2) is 4.79 Å². The van der Waals surface area contributed by atoms with Crippen LogP contribution in [0.1, 0.15) is 10.4 Å². The van der Waals surface area contributed by atoms with E-state index < -0.39 is 5.97 Å². The van der Waals surface area contributed by atoms with Gasteiger partial charge in [-0.15, -0.1) is 0 Å². The fraction of sp³-hybridized carbons (Fsp3) is 0.500. The van der Waals surface area contributed by atoms with Crippen LogP contribution in [-0.2, 0) is 4.84 Å². The van der Waals surface area contributed by atoms with E-state index in [1.165, 1.54) is 12.1 Å². The lowest BCUT2D eigenvalue weighted by Crippen LogP contribution is -2.32. The lowest BCUT2D eigenvalue weighted by atomic mass is 10.2. The number of carboxylic acid groups (broad SMARTS) is 1. The van der Waals surface area contributed by atoms with Crippen molar-refractivity contribution in [2.75, 3.05) is 47.4 Å². The SMILES string of the molecule is CON(C)CCN(C)CCOc1ccc(C(=O)O)cc1. The fourth-order valence-corrected chi connectivity index (χ4v) is 1.53. The number of nitrogens with zero attached hydrogens (tertiary/aromatic N) is 2. The Morgan fingerprint density at radius 1 is 1.15 bits per heavy atom. The van der Waals surface area contributed by atoms with Gasteiger partial charge in [0.1, 0.15) is 12.4 Å². The first kappa shape index (κ1) is 16.4. The molecule has 6 nitrogen and oxygen atoms in total. The number of carboxylic acids is 1. The maximum absolute atomic E-state index is 10.7. The van der Waals surface area contributed by atoms with E-state index in [1.807, 2.05) is 14.1 Å². The van der Waals surface area contributed by atoms with Gasteiger partial charge in [0.25, 0.3) is 0 Å². The van der Waals surface area contributed by atoms with Crippen molar-refractivity contribution < 1.29 is 19.5 Å². The van der Waals surface area contributed by atoms with Crippen LogP contribution in [0, 0.1) is 0 Å². The van der Waals surface area contributed by atoms with E-state index in [2.05, 4.69) is 4.90 Å². The Bertz CT molecular complexity index is 408. The molecule has 0 spiro atoms. The Balaban J connectivity index is 2.24. The van der Waals surface area contributed by atoms with Crippen LogP contribution in [0.2, 0.25) is 0 Å². The van der Waals surface area contributed by atoms with Gasteiger partial charge in [-0.3, -0.25) is 0 Å². The second-order valence-electron chi connectivity index (χ2n) is 4.52. The van der Waals surface area contributed by atoms with Crippen LogP contribution < -0.4 is 4.74 Å². The molecule has 112 valence electrons. The summed E-state index contributed by atoms with van der Waals surface area (Å²) < 4.78 is 5.57. The molecule has 0 fully saturated rings. The summed E-state index contributed by atoms with van der Waals surface area (Å²) in [6.45, 7) is 3.05. The highest BCUT2D eigenvalue weighted by molar-refractivity contribution is 5.87. The summed E-state index contributed by atoms with van der Waals surface area (Å²) in [6.07, 6.45) is 0. The number of ether oxygens (including phenoxy) is 1. The standard InChI is InChI=1S/C14H22N2O4/c1-15(8-9-16(2)19-3)10-11-20-13-6-4-12(5-7-13)14(17)18/h4-7H,8-11H2,1-3H3,(H,17,18). The predicted molar refractivity (Wildman–Crippen MR) is 76.0 cm³/mol. The molecule has 1 aromatic carbocycles. The summed E-state index contributed by atoms with van der Waals surface area (Å²) in [5.74, 6) is -0.254. The van der Waals surface area contributed by atoms with Crippen LogP contribution in [0.3, 0.4) is 0 Å². The van der Waals surface area contributed by atoms with Crippen molar-refractivity contribution in [2.45, 2.75) is 0 Å². The van der Waals surface area contributed by atoms with Crippen LogP contribution in [0.4, 0.5) is 0 Å². The van der Waals surface area contributed by atoms with Gasteiger partial charge in [0, 0.05) is 26.7 Å². The zero-order valence-electron chi connectivity index (χ0n) is 12.2. The molecule has 0 unspecified atom stereocenters. The molecular formula is C14H22N2O4. The number of aromatic carboxylic acids is 1. The van der Waals surface area contributed by atoms with E-state index in [4.69, 9.17) is 14.7 Å². The van der Waals surface area contributed by atoms with Crippen molar-refractivity contribution >= 4 is 5.97 Å². The van der Waals surface area contributed by atoms with Gasteiger partial charge in [-0.05, 0) is 31.3 Å². The summed E-state index contributed by atoms with van der Waals surface area (Å²) in [4.78, 5) is 17.9. The van der Waals surface area contributed by atoms with Crippen molar-refractivity contribution in [2.24, 2.45) is 0 Å². The fourth-order valence-electron chi connectivity index (χ4n) is 1.53. The number of hydrogen-bond acceptors (Lipinski definition) is 5. The number of likely N-dealkylation sites (N-methyl/N-ethyl adjacent to an activating group) is 2. The van der Waals surface area contributed by atoms with E-state index in [-0.39, 0.29) is 5.56 Å². The van der Waals surface area contributed by atoms with E-state index in [1.54, 1.807) is 24.3 Å². The first-order valence-corrected chi connectivity index (χ1v) is 6.43. The smallest absolute Gasteiger partial charge is 0.335 e. The number of carbonyl (C=O) groups is 1. The Labute approximate surface area is 119 Å². The molecule has 0 aliphatic heterocycles. The number of hydrogen-bond donors (Lipinski definition) is 1. The van der Waals surface area contributed by atoms with Crippen LogP contribution in [0.15, 0.2) is 24.3 Å². The van der Waals surface area contributed by atoms with Gasteiger partial charge in [0.05, 0.1) is 12.7 Å². The normalized spacial score (nSPS) is 11.1. The molecule has 0 aliphatic carbocycles. The van der Waals surface area contributed by atoms with Gasteiger partial charge in [0.15, 0.2) is 0 Å². The zero-order valence-corrected chi connectivity index (χ0v) is 12.2. The summed E-state index contributed by atoms with van der Waals surface area (Å²) in [5.41, 5.74) is 0.261. The molecule has 0 saturated carbocycles. The average Bonchev–Trinajstić information content (AvgIpc) is 2.45. The minimum atomic E-state index is -0.932. The minimum Gasteiger partial charge on any atom is -0.492 e. The molecule has 0 bridgehead atoms. The number of hydroxylamine groups is 2. The second kappa shape index (κ2) is 8.52. The molecule has 0 atom stereocenters. The highest BCUT2D eigenvalue weighted by atomic mass is 16.7. The lowest BCUT2D eigenvalue weighted by molar-refractivity contribution is -0.111. The molecule has 0 amide bonds. The Hall–Kier alpha value is -1.63. The van der Waals surface area contributed by atoms with Crippen LogP contribution >= 0.6 is 0 Å². The Kier molecular flexibility index (Phi) is 7.00. The molecule has 0 aromatic heterocycles. The summed E-state index contributed by atoms with van der Waals surface area (Å²) in [7, 11) is 5.54. The van der Waals surface area contributed by atoms with Gasteiger partial charge >= 0.3 is 5.97 Å². The van der Waals surface area contributed by atoms with Crippen molar-refractivity contribution in [1.29, 1.82) is 0 Å². The molecule has 0 aliphatic rings. The molecule has 1 N–H and O–H groups in total. The summed E-state index contributed by atoms with van der Waals surface area (Å²) in [6, 6.07) is 6.41. The molecule has 0 radical (unpaired) electrons. The zero-order chi connectivity index (χ0) is 15.0. The highest BCUT2D eigenvalue weighted by Gasteiger charge is 2.04. The van der Waals surface area contributed by atoms with Crippen LogP contribution in [0.5, 0.6) is 5.75 Å². The second-order valence-corrected chi connectivity index (χ2v) is 4.52. The summed E-state index contributed by atoms with van der Waals surface area (Å²) >= 11 is 0. The lowest BCUT2D eigenvalue weighted by Gasteiger charge is -2.20. The van der Waals surface area contributed by atoms with Gasteiger partial charge in [0.2, 0.25) is 0 Å². The van der Waals surface area contributed by atoms with E-state index in [9.17, 15) is 4.79 Å². The average molecular weight is 282 g/mol. The van der Waals surface area contributed by atoms with Crippen LogP contribution in [0.25, 0.3) is 0 Å². The van der Waals surface area contributed by atoms with Crippen molar-refractivity contribution in [3.05, 3.63) is 29.8 Å². The first-order valence-electron chi connectivity index (χ1n) is 6.43. The topological polar surface area (TPSA) is 62.2 Å². The minimum absolute atomic E-state index is 0.261. The van der Waals surface area contributed by atoms with Crippen molar-refractivity contribution in [3.8, 4) is 5.75 Å². The van der Waals surface area contributed by atoms with Gasteiger partial charge < -0.3 is 19.6 Å². The molecular weight excluding hydrogens is 260 g/mol. The highest BCUT2D eigenvalue weighted by Crippen LogP contribution is 2.11. The molecule has 0 saturated heterocycles. The maximum atomic E-state index is 10.7. The third kappa shape index (κ3) is 6.01. The Morgan fingerprint density at radius 3 is 2.35 bits per heavy atom. The largest absolute Gasteiger partial charge is 0.492 e. The quantitative estimate of drug-likeness (QED) is 0.686. The molecule has 0 heterocycles. The number of benzene rings is 1. The third-order valence-electron chi connectivity index (χ3n) is 2.95. The third-order valence-corrected chi connectivity index (χ3v) is 2.95. The predicted octanol–water partition coefficient (Wildman–Crippen LogP) is 1.19.